The number of hydrogen-bond acceptors (Lipinski definition) is 3. The molecule has 4 heteroatoms. The summed E-state index contributed by atoms with van der Waals surface area (Å²) in [6.07, 6.45) is 3.77. The maximum atomic E-state index is 6.06. The maximum absolute atomic E-state index is 6.06. The van der Waals surface area contributed by atoms with Crippen LogP contribution >= 0.6 is 11.6 Å². The summed E-state index contributed by atoms with van der Waals surface area (Å²) in [7, 11) is 0. The van der Waals surface area contributed by atoms with E-state index in [0.29, 0.717) is 5.15 Å². The number of aromatic nitrogens is 2. The van der Waals surface area contributed by atoms with Crippen molar-refractivity contribution < 1.29 is 0 Å². The van der Waals surface area contributed by atoms with Gasteiger partial charge in [-0.1, -0.05) is 11.6 Å². The first-order chi connectivity index (χ1) is 7.18. The number of piperidine rings is 1. The summed E-state index contributed by atoms with van der Waals surface area (Å²) in [5, 5.41) is 0.586. The van der Waals surface area contributed by atoms with E-state index in [1.165, 1.54) is 19.3 Å². The third-order valence-electron chi connectivity index (χ3n) is 2.96. The number of nitrogens with zero attached hydrogens (tertiary/aromatic N) is 3. The molecule has 0 spiro atoms. The number of rotatable bonds is 1. The molecule has 0 aromatic carbocycles. The Bertz CT molecular complexity index is 336. The first-order valence-electron chi connectivity index (χ1n) is 5.44. The summed E-state index contributed by atoms with van der Waals surface area (Å²) in [5.74, 6) is 0.794. The van der Waals surface area contributed by atoms with E-state index in [2.05, 4.69) is 14.9 Å². The van der Waals surface area contributed by atoms with Gasteiger partial charge in [0.1, 0.15) is 5.15 Å². The maximum Gasteiger partial charge on any atom is 0.226 e. The quantitative estimate of drug-likeness (QED) is 0.689. The molecule has 1 saturated heterocycles. The fourth-order valence-corrected chi connectivity index (χ4v) is 2.03. The van der Waals surface area contributed by atoms with Gasteiger partial charge in [0.05, 0.1) is 0 Å². The van der Waals surface area contributed by atoms with E-state index in [9.17, 15) is 0 Å². The van der Waals surface area contributed by atoms with E-state index in [1.807, 2.05) is 13.8 Å². The summed E-state index contributed by atoms with van der Waals surface area (Å²) >= 11 is 6.06. The van der Waals surface area contributed by atoms with E-state index in [4.69, 9.17) is 11.6 Å². The van der Waals surface area contributed by atoms with E-state index >= 15 is 0 Å². The monoisotopic (exact) mass is 225 g/mol. The Hall–Kier alpha value is -0.830. The fraction of sp³-hybridized carbons (Fsp3) is 0.636. The Morgan fingerprint density at radius 2 is 1.73 bits per heavy atom. The van der Waals surface area contributed by atoms with Gasteiger partial charge < -0.3 is 4.90 Å². The molecule has 82 valence electrons. The summed E-state index contributed by atoms with van der Waals surface area (Å²) in [6.45, 7) is 6.05. The van der Waals surface area contributed by atoms with E-state index in [1.54, 1.807) is 0 Å². The van der Waals surface area contributed by atoms with Gasteiger partial charge in [0.25, 0.3) is 0 Å². The lowest BCUT2D eigenvalue weighted by Gasteiger charge is -2.27. The van der Waals surface area contributed by atoms with Gasteiger partial charge >= 0.3 is 0 Å². The van der Waals surface area contributed by atoms with Crippen LogP contribution in [-0.4, -0.2) is 23.1 Å². The highest BCUT2D eigenvalue weighted by Crippen LogP contribution is 2.21. The van der Waals surface area contributed by atoms with Gasteiger partial charge in [0, 0.05) is 24.3 Å². The molecular formula is C11H16ClN3. The molecule has 2 rings (SSSR count). The summed E-state index contributed by atoms with van der Waals surface area (Å²) in [6, 6.07) is 0. The Morgan fingerprint density at radius 1 is 1.07 bits per heavy atom. The second kappa shape index (κ2) is 4.35. The van der Waals surface area contributed by atoms with Crippen molar-refractivity contribution in [3.05, 3.63) is 16.4 Å². The molecule has 2 heterocycles. The van der Waals surface area contributed by atoms with Gasteiger partial charge in [0.2, 0.25) is 5.95 Å². The zero-order chi connectivity index (χ0) is 10.8. The smallest absolute Gasteiger partial charge is 0.226 e. The fourth-order valence-electron chi connectivity index (χ4n) is 1.82. The Morgan fingerprint density at radius 3 is 2.33 bits per heavy atom. The van der Waals surface area contributed by atoms with Crippen LogP contribution in [0, 0.1) is 13.8 Å². The molecule has 0 aliphatic carbocycles. The predicted molar refractivity (Wildman–Crippen MR) is 62.6 cm³/mol. The van der Waals surface area contributed by atoms with E-state index in [-0.39, 0.29) is 0 Å². The zero-order valence-electron chi connectivity index (χ0n) is 9.26. The van der Waals surface area contributed by atoms with E-state index in [0.717, 1.165) is 30.3 Å². The minimum atomic E-state index is 0.586. The lowest BCUT2D eigenvalue weighted by Crippen LogP contribution is -2.31. The van der Waals surface area contributed by atoms with Gasteiger partial charge in [-0.2, -0.15) is 0 Å². The second-order valence-electron chi connectivity index (χ2n) is 4.07. The van der Waals surface area contributed by atoms with Crippen LogP contribution in [0.4, 0.5) is 5.95 Å². The Balaban J connectivity index is 2.27. The summed E-state index contributed by atoms with van der Waals surface area (Å²) < 4.78 is 0. The molecule has 1 aromatic rings. The summed E-state index contributed by atoms with van der Waals surface area (Å²) in [5.41, 5.74) is 1.97. The molecule has 1 aliphatic rings. The highest BCUT2D eigenvalue weighted by molar-refractivity contribution is 6.30. The second-order valence-corrected chi connectivity index (χ2v) is 4.43. The number of halogens is 1. The molecule has 0 amide bonds. The highest BCUT2D eigenvalue weighted by atomic mass is 35.5. The molecule has 15 heavy (non-hydrogen) atoms. The molecule has 1 aliphatic heterocycles. The minimum Gasteiger partial charge on any atom is -0.341 e. The van der Waals surface area contributed by atoms with Crippen LogP contribution < -0.4 is 4.90 Å². The van der Waals surface area contributed by atoms with Crippen LogP contribution in [0.15, 0.2) is 0 Å². The van der Waals surface area contributed by atoms with Crippen LogP contribution in [0.25, 0.3) is 0 Å². The van der Waals surface area contributed by atoms with E-state index < -0.39 is 0 Å². The van der Waals surface area contributed by atoms with Crippen molar-refractivity contribution in [3.8, 4) is 0 Å². The van der Waals surface area contributed by atoms with Crippen LogP contribution in [0.1, 0.15) is 30.5 Å². The number of aryl methyl sites for hydroxylation is 1. The van der Waals surface area contributed by atoms with Gasteiger partial charge in [0.15, 0.2) is 0 Å². The SMILES string of the molecule is Cc1nc(N2CCCCC2)nc(Cl)c1C. The van der Waals surface area contributed by atoms with Gasteiger partial charge in [-0.15, -0.1) is 0 Å². The largest absolute Gasteiger partial charge is 0.341 e. The van der Waals surface area contributed by atoms with Crippen molar-refractivity contribution in [1.29, 1.82) is 0 Å². The zero-order valence-corrected chi connectivity index (χ0v) is 10.0. The van der Waals surface area contributed by atoms with Gasteiger partial charge in [-0.05, 0) is 33.1 Å². The van der Waals surface area contributed by atoms with Crippen molar-refractivity contribution in [3.63, 3.8) is 0 Å². The average molecular weight is 226 g/mol. The van der Waals surface area contributed by atoms with Gasteiger partial charge in [-0.3, -0.25) is 0 Å². The number of hydrogen-bond donors (Lipinski definition) is 0. The lowest BCUT2D eigenvalue weighted by atomic mass is 10.1. The number of anilines is 1. The van der Waals surface area contributed by atoms with Crippen molar-refractivity contribution in [2.24, 2.45) is 0 Å². The Kier molecular flexibility index (Phi) is 3.10. The normalized spacial score (nSPS) is 16.9. The first-order valence-corrected chi connectivity index (χ1v) is 5.82. The molecule has 0 unspecified atom stereocenters. The predicted octanol–water partition coefficient (Wildman–Crippen LogP) is 2.74. The molecule has 0 bridgehead atoms. The first kappa shape index (κ1) is 10.7. The van der Waals surface area contributed by atoms with Gasteiger partial charge in [-0.25, -0.2) is 9.97 Å². The van der Waals surface area contributed by atoms with Crippen LogP contribution in [0.2, 0.25) is 5.15 Å². The van der Waals surface area contributed by atoms with Crippen LogP contribution in [0.5, 0.6) is 0 Å². The molecule has 0 atom stereocenters. The minimum absolute atomic E-state index is 0.586. The third kappa shape index (κ3) is 2.23. The molecule has 0 radical (unpaired) electrons. The van der Waals surface area contributed by atoms with Crippen molar-refractivity contribution >= 4 is 17.5 Å². The molecule has 0 saturated carbocycles. The van der Waals surface area contributed by atoms with Crippen molar-refractivity contribution in [2.45, 2.75) is 33.1 Å². The molecule has 3 nitrogen and oxygen atoms in total. The van der Waals surface area contributed by atoms with Crippen LogP contribution in [0.3, 0.4) is 0 Å². The average Bonchev–Trinajstić information content (AvgIpc) is 2.26. The third-order valence-corrected chi connectivity index (χ3v) is 3.32. The van der Waals surface area contributed by atoms with Crippen molar-refractivity contribution in [2.75, 3.05) is 18.0 Å². The molecule has 1 fully saturated rings. The molecule has 0 N–H and O–H groups in total. The molecule has 1 aromatic heterocycles. The Labute approximate surface area is 95.5 Å². The van der Waals surface area contributed by atoms with Crippen molar-refractivity contribution in [1.82, 2.24) is 9.97 Å². The van der Waals surface area contributed by atoms with Crippen LogP contribution in [-0.2, 0) is 0 Å². The lowest BCUT2D eigenvalue weighted by molar-refractivity contribution is 0.567. The standard InChI is InChI=1S/C11H16ClN3/c1-8-9(2)13-11(14-10(8)12)15-6-4-3-5-7-15/h3-7H2,1-2H3. The summed E-state index contributed by atoms with van der Waals surface area (Å²) in [4.78, 5) is 11.0. The topological polar surface area (TPSA) is 29.0 Å². The molecular weight excluding hydrogens is 210 g/mol. The highest BCUT2D eigenvalue weighted by Gasteiger charge is 2.15.